The average molecular weight is 357 g/mol. The molecule has 1 aromatic carbocycles. The van der Waals surface area contributed by atoms with Crippen LogP contribution in [0, 0.1) is 5.92 Å². The molecule has 4 nitrogen and oxygen atoms in total. The van der Waals surface area contributed by atoms with E-state index in [0.717, 1.165) is 43.2 Å². The number of hydrogen-bond acceptors (Lipinski definition) is 4. The highest BCUT2D eigenvalue weighted by atomic mass is 32.2. The highest BCUT2D eigenvalue weighted by Crippen LogP contribution is 2.31. The SMILES string of the molecule is C[C@H]1CCC(c2ccc3cn(C4CCN(C)CS[C@@H]4C)nc3c2)=NC1. The van der Waals surface area contributed by atoms with Gasteiger partial charge in [-0.3, -0.25) is 14.6 Å². The van der Waals surface area contributed by atoms with Crippen molar-refractivity contribution in [1.29, 1.82) is 0 Å². The lowest BCUT2D eigenvalue weighted by atomic mass is 9.95. The van der Waals surface area contributed by atoms with Crippen LogP contribution in [0.15, 0.2) is 29.4 Å². The zero-order chi connectivity index (χ0) is 17.4. The molecule has 0 N–H and O–H groups in total. The zero-order valence-electron chi connectivity index (χ0n) is 15.5. The van der Waals surface area contributed by atoms with Crippen LogP contribution in [0.2, 0.25) is 0 Å². The predicted octanol–water partition coefficient (Wildman–Crippen LogP) is 4.21. The summed E-state index contributed by atoms with van der Waals surface area (Å²) in [7, 11) is 2.21. The van der Waals surface area contributed by atoms with Crippen molar-refractivity contribution >= 4 is 28.4 Å². The van der Waals surface area contributed by atoms with Gasteiger partial charge >= 0.3 is 0 Å². The molecule has 134 valence electrons. The van der Waals surface area contributed by atoms with Gasteiger partial charge in [0.25, 0.3) is 0 Å². The van der Waals surface area contributed by atoms with Crippen molar-refractivity contribution in [1.82, 2.24) is 14.7 Å². The number of rotatable bonds is 2. The molecule has 3 heterocycles. The first-order valence-electron chi connectivity index (χ1n) is 9.43. The van der Waals surface area contributed by atoms with E-state index >= 15 is 0 Å². The van der Waals surface area contributed by atoms with Crippen LogP contribution in [0.4, 0.5) is 0 Å². The highest BCUT2D eigenvalue weighted by Gasteiger charge is 2.25. The summed E-state index contributed by atoms with van der Waals surface area (Å²) in [6.45, 7) is 6.73. The van der Waals surface area contributed by atoms with Crippen LogP contribution >= 0.6 is 11.8 Å². The topological polar surface area (TPSA) is 33.4 Å². The number of aliphatic imine (C=N–C) groups is 1. The third kappa shape index (κ3) is 3.63. The van der Waals surface area contributed by atoms with Crippen molar-refractivity contribution in [2.45, 2.75) is 44.4 Å². The van der Waals surface area contributed by atoms with Crippen molar-refractivity contribution in [3.63, 3.8) is 0 Å². The maximum atomic E-state index is 4.95. The molecular weight excluding hydrogens is 328 g/mol. The van der Waals surface area contributed by atoms with Gasteiger partial charge in [0.15, 0.2) is 0 Å². The van der Waals surface area contributed by atoms with E-state index in [2.05, 4.69) is 54.9 Å². The second-order valence-electron chi connectivity index (χ2n) is 7.75. The maximum absolute atomic E-state index is 4.95. The number of thioether (sulfide) groups is 1. The molecular formula is C20H28N4S. The molecule has 0 saturated carbocycles. The third-order valence-electron chi connectivity index (χ3n) is 5.57. The summed E-state index contributed by atoms with van der Waals surface area (Å²) in [6.07, 6.45) is 5.73. The molecule has 2 aliphatic heterocycles. The van der Waals surface area contributed by atoms with Crippen molar-refractivity contribution in [2.24, 2.45) is 10.9 Å². The van der Waals surface area contributed by atoms with Gasteiger partial charge in [0.2, 0.25) is 0 Å². The van der Waals surface area contributed by atoms with E-state index in [1.807, 2.05) is 11.8 Å². The molecule has 25 heavy (non-hydrogen) atoms. The van der Waals surface area contributed by atoms with Crippen molar-refractivity contribution in [3.05, 3.63) is 30.0 Å². The monoisotopic (exact) mass is 356 g/mol. The molecule has 1 saturated heterocycles. The van der Waals surface area contributed by atoms with E-state index in [1.165, 1.54) is 23.1 Å². The van der Waals surface area contributed by atoms with Gasteiger partial charge in [0.1, 0.15) is 0 Å². The van der Waals surface area contributed by atoms with Crippen molar-refractivity contribution in [3.8, 4) is 0 Å². The van der Waals surface area contributed by atoms with Crippen LogP contribution in [-0.2, 0) is 0 Å². The molecule has 0 radical (unpaired) electrons. The van der Waals surface area contributed by atoms with E-state index in [1.54, 1.807) is 0 Å². The van der Waals surface area contributed by atoms with Gasteiger partial charge in [-0.25, -0.2) is 0 Å². The maximum Gasteiger partial charge on any atom is 0.0930 e. The molecule has 1 unspecified atom stereocenters. The summed E-state index contributed by atoms with van der Waals surface area (Å²) in [5.74, 6) is 1.83. The van der Waals surface area contributed by atoms with E-state index in [9.17, 15) is 0 Å². The minimum Gasteiger partial charge on any atom is -0.297 e. The van der Waals surface area contributed by atoms with E-state index in [4.69, 9.17) is 10.1 Å². The fourth-order valence-electron chi connectivity index (χ4n) is 3.79. The smallest absolute Gasteiger partial charge is 0.0930 e. The first kappa shape index (κ1) is 17.1. The fourth-order valence-corrected chi connectivity index (χ4v) is 4.90. The van der Waals surface area contributed by atoms with Crippen LogP contribution < -0.4 is 0 Å². The van der Waals surface area contributed by atoms with Crippen LogP contribution in [0.1, 0.15) is 44.7 Å². The molecule has 1 aromatic heterocycles. The Morgan fingerprint density at radius 2 is 2.08 bits per heavy atom. The van der Waals surface area contributed by atoms with Crippen LogP contribution in [0.5, 0.6) is 0 Å². The Morgan fingerprint density at radius 3 is 2.88 bits per heavy atom. The number of nitrogens with zero attached hydrogens (tertiary/aromatic N) is 4. The molecule has 4 rings (SSSR count). The lowest BCUT2D eigenvalue weighted by molar-refractivity contribution is 0.339. The quantitative estimate of drug-likeness (QED) is 0.808. The van der Waals surface area contributed by atoms with Gasteiger partial charge in [-0.15, -0.1) is 11.8 Å². The largest absolute Gasteiger partial charge is 0.297 e. The van der Waals surface area contributed by atoms with E-state index in [0.29, 0.717) is 11.3 Å². The van der Waals surface area contributed by atoms with Gasteiger partial charge in [0, 0.05) is 41.5 Å². The summed E-state index contributed by atoms with van der Waals surface area (Å²) >= 11 is 2.03. The van der Waals surface area contributed by atoms with Gasteiger partial charge < -0.3 is 0 Å². The average Bonchev–Trinajstić information content (AvgIpc) is 2.95. The molecule has 0 spiro atoms. The van der Waals surface area contributed by atoms with E-state index < -0.39 is 0 Å². The number of hydrogen-bond donors (Lipinski definition) is 0. The molecule has 0 aliphatic carbocycles. The zero-order valence-corrected chi connectivity index (χ0v) is 16.3. The number of benzene rings is 1. The Morgan fingerprint density at radius 1 is 1.20 bits per heavy atom. The normalized spacial score (nSPS) is 28.8. The van der Waals surface area contributed by atoms with Crippen molar-refractivity contribution in [2.75, 3.05) is 26.0 Å². The Bertz CT molecular complexity index is 781. The molecule has 3 atom stereocenters. The summed E-state index contributed by atoms with van der Waals surface area (Å²) in [4.78, 5) is 7.20. The Balaban J connectivity index is 1.62. The first-order chi connectivity index (χ1) is 12.1. The third-order valence-corrected chi connectivity index (χ3v) is 7.00. The van der Waals surface area contributed by atoms with Gasteiger partial charge in [0.05, 0.1) is 11.6 Å². The first-order valence-corrected chi connectivity index (χ1v) is 10.5. The lowest BCUT2D eigenvalue weighted by Gasteiger charge is -2.20. The molecule has 0 amide bonds. The second-order valence-corrected chi connectivity index (χ2v) is 9.09. The van der Waals surface area contributed by atoms with Gasteiger partial charge in [-0.2, -0.15) is 5.10 Å². The molecule has 0 bridgehead atoms. The molecule has 5 heteroatoms. The van der Waals surface area contributed by atoms with Crippen LogP contribution in [-0.4, -0.2) is 51.7 Å². The van der Waals surface area contributed by atoms with Crippen LogP contribution in [0.3, 0.4) is 0 Å². The molecule has 1 fully saturated rings. The minimum atomic E-state index is 0.471. The second kappa shape index (κ2) is 7.12. The highest BCUT2D eigenvalue weighted by molar-refractivity contribution is 7.99. The van der Waals surface area contributed by atoms with Gasteiger partial charge in [-0.1, -0.05) is 26.0 Å². The molecule has 2 aliphatic rings. The summed E-state index contributed by atoms with van der Waals surface area (Å²) in [5, 5.41) is 6.78. The predicted molar refractivity (Wildman–Crippen MR) is 108 cm³/mol. The molecule has 2 aromatic rings. The lowest BCUT2D eigenvalue weighted by Crippen LogP contribution is -2.21. The summed E-state index contributed by atoms with van der Waals surface area (Å²) < 4.78 is 2.22. The number of aromatic nitrogens is 2. The van der Waals surface area contributed by atoms with E-state index in [-0.39, 0.29) is 0 Å². The van der Waals surface area contributed by atoms with Crippen molar-refractivity contribution < 1.29 is 0 Å². The Hall–Kier alpha value is -1.33. The summed E-state index contributed by atoms with van der Waals surface area (Å²) in [6, 6.07) is 7.15. The Labute approximate surface area is 154 Å². The Kier molecular flexibility index (Phi) is 4.87. The standard InChI is InChI=1S/C20H28N4S/c1-14-4-7-18(21-11-14)16-5-6-17-12-24(22-19(17)10-16)20-8-9-23(3)13-25-15(20)2/h5-6,10,12,14-15,20H,4,7-9,11,13H2,1-3H3/t14-,15+,20?/m0/s1. The number of fused-ring (bicyclic) bond motifs is 1. The fraction of sp³-hybridized carbons (Fsp3) is 0.600. The summed E-state index contributed by atoms with van der Waals surface area (Å²) in [5.41, 5.74) is 3.62. The van der Waals surface area contributed by atoms with Crippen LogP contribution in [0.25, 0.3) is 10.9 Å². The minimum absolute atomic E-state index is 0.471. The van der Waals surface area contributed by atoms with Gasteiger partial charge in [-0.05, 0) is 43.9 Å².